The van der Waals surface area contributed by atoms with Gasteiger partial charge in [0.25, 0.3) is 0 Å². The minimum Gasteiger partial charge on any atom is -0.353 e. The second kappa shape index (κ2) is 9.30. The molecular formula is C16H24N4O2. The third-order valence-electron chi connectivity index (χ3n) is 3.50. The zero-order valence-electron chi connectivity index (χ0n) is 12.8. The van der Waals surface area contributed by atoms with E-state index in [2.05, 4.69) is 10.1 Å². The first-order valence-electron chi connectivity index (χ1n) is 7.65. The van der Waals surface area contributed by atoms with Crippen molar-refractivity contribution in [2.45, 2.75) is 38.5 Å². The number of hydrogen-bond donors (Lipinski definition) is 2. The Hall–Kier alpha value is -1.76. The van der Waals surface area contributed by atoms with Gasteiger partial charge >= 0.3 is 0 Å². The lowest BCUT2D eigenvalue weighted by atomic mass is 10.2. The van der Waals surface area contributed by atoms with Crippen molar-refractivity contribution in [3.63, 3.8) is 0 Å². The zero-order chi connectivity index (χ0) is 15.6. The Balaban J connectivity index is 1.77. The van der Waals surface area contributed by atoms with Crippen molar-refractivity contribution in [1.82, 2.24) is 0 Å². The fraction of sp³-hybridized carbons (Fsp3) is 0.500. The van der Waals surface area contributed by atoms with E-state index in [0.717, 1.165) is 37.1 Å². The van der Waals surface area contributed by atoms with Crippen LogP contribution >= 0.6 is 0 Å². The summed E-state index contributed by atoms with van der Waals surface area (Å²) < 4.78 is 11.2. The smallest absolute Gasteiger partial charge is 0.157 e. The SMILES string of the molecule is NCc1ccc(N=C/C(CCOC2CCCCO2)=N\N)cc1. The summed E-state index contributed by atoms with van der Waals surface area (Å²) in [5, 5.41) is 3.75. The van der Waals surface area contributed by atoms with E-state index in [1.54, 1.807) is 6.21 Å². The average molecular weight is 304 g/mol. The summed E-state index contributed by atoms with van der Waals surface area (Å²) in [7, 11) is 0. The molecule has 1 atom stereocenters. The van der Waals surface area contributed by atoms with Gasteiger partial charge in [0, 0.05) is 19.6 Å². The average Bonchev–Trinajstić information content (AvgIpc) is 2.59. The van der Waals surface area contributed by atoms with Gasteiger partial charge in [0.15, 0.2) is 6.29 Å². The topological polar surface area (TPSA) is 95.2 Å². The van der Waals surface area contributed by atoms with E-state index < -0.39 is 0 Å². The highest BCUT2D eigenvalue weighted by Gasteiger charge is 2.13. The molecule has 1 fully saturated rings. The van der Waals surface area contributed by atoms with Crippen molar-refractivity contribution in [2.75, 3.05) is 13.2 Å². The lowest BCUT2D eigenvalue weighted by molar-refractivity contribution is -0.160. The van der Waals surface area contributed by atoms with E-state index >= 15 is 0 Å². The Bertz CT molecular complexity index is 493. The van der Waals surface area contributed by atoms with Crippen LogP contribution < -0.4 is 11.6 Å². The lowest BCUT2D eigenvalue weighted by Gasteiger charge is -2.22. The summed E-state index contributed by atoms with van der Waals surface area (Å²) in [4.78, 5) is 4.35. The number of benzene rings is 1. The normalized spacial score (nSPS) is 19.7. The van der Waals surface area contributed by atoms with E-state index in [9.17, 15) is 0 Å². The molecule has 6 nitrogen and oxygen atoms in total. The standard InChI is InChI=1S/C16H24N4O2/c17-11-13-4-6-14(7-5-13)19-12-15(20-18)8-10-22-16-3-1-2-9-21-16/h4-7,12,16H,1-3,8-11,17-18H2/b19-12?,20-15-. The summed E-state index contributed by atoms with van der Waals surface area (Å²) >= 11 is 0. The highest BCUT2D eigenvalue weighted by Crippen LogP contribution is 2.14. The molecule has 1 heterocycles. The maximum atomic E-state index is 5.66. The van der Waals surface area contributed by atoms with Crippen LogP contribution in [0.5, 0.6) is 0 Å². The number of aliphatic imine (C=N–C) groups is 1. The number of nitrogens with zero attached hydrogens (tertiary/aromatic N) is 2. The molecule has 0 aromatic heterocycles. The zero-order valence-corrected chi connectivity index (χ0v) is 12.8. The van der Waals surface area contributed by atoms with Gasteiger partial charge in [0.2, 0.25) is 0 Å². The van der Waals surface area contributed by atoms with Crippen molar-refractivity contribution in [3.05, 3.63) is 29.8 Å². The molecule has 1 unspecified atom stereocenters. The molecule has 1 aliphatic rings. The van der Waals surface area contributed by atoms with Gasteiger partial charge in [-0.2, -0.15) is 5.10 Å². The van der Waals surface area contributed by atoms with Gasteiger partial charge in [-0.15, -0.1) is 0 Å². The molecule has 0 radical (unpaired) electrons. The van der Waals surface area contributed by atoms with Gasteiger partial charge in [0.1, 0.15) is 0 Å². The highest BCUT2D eigenvalue weighted by molar-refractivity contribution is 6.31. The minimum absolute atomic E-state index is 0.0893. The Morgan fingerprint density at radius 3 is 2.77 bits per heavy atom. The Kier molecular flexibility index (Phi) is 7.02. The third-order valence-corrected chi connectivity index (χ3v) is 3.50. The highest BCUT2D eigenvalue weighted by atomic mass is 16.7. The van der Waals surface area contributed by atoms with E-state index in [1.807, 2.05) is 24.3 Å². The number of ether oxygens (including phenoxy) is 2. The summed E-state index contributed by atoms with van der Waals surface area (Å²) in [6, 6.07) is 7.74. The third kappa shape index (κ3) is 5.55. The molecule has 1 saturated heterocycles. The molecule has 0 aliphatic carbocycles. The largest absolute Gasteiger partial charge is 0.353 e. The first kappa shape index (κ1) is 16.6. The summed E-state index contributed by atoms with van der Waals surface area (Å²) in [6.07, 6.45) is 5.42. The van der Waals surface area contributed by atoms with Gasteiger partial charge in [-0.25, -0.2) is 0 Å². The van der Waals surface area contributed by atoms with Crippen LogP contribution in [0.4, 0.5) is 5.69 Å². The number of hydrazone groups is 1. The van der Waals surface area contributed by atoms with E-state index in [1.165, 1.54) is 0 Å². The maximum Gasteiger partial charge on any atom is 0.157 e. The van der Waals surface area contributed by atoms with Crippen LogP contribution in [0.25, 0.3) is 0 Å². The monoisotopic (exact) mass is 304 g/mol. The van der Waals surface area contributed by atoms with Crippen molar-refractivity contribution >= 4 is 17.6 Å². The molecular weight excluding hydrogens is 280 g/mol. The van der Waals surface area contributed by atoms with Crippen LogP contribution in [-0.4, -0.2) is 31.4 Å². The quantitative estimate of drug-likeness (QED) is 0.458. The molecule has 2 rings (SSSR count). The van der Waals surface area contributed by atoms with Crippen LogP contribution in [0.3, 0.4) is 0 Å². The van der Waals surface area contributed by atoms with E-state index in [-0.39, 0.29) is 6.29 Å². The first-order valence-corrected chi connectivity index (χ1v) is 7.65. The van der Waals surface area contributed by atoms with Crippen LogP contribution in [0.15, 0.2) is 34.4 Å². The Morgan fingerprint density at radius 2 is 2.14 bits per heavy atom. The molecule has 0 spiro atoms. The van der Waals surface area contributed by atoms with Gasteiger partial charge < -0.3 is 21.1 Å². The fourth-order valence-corrected chi connectivity index (χ4v) is 2.17. The number of nitrogens with two attached hydrogens (primary N) is 2. The van der Waals surface area contributed by atoms with Gasteiger partial charge in [-0.05, 0) is 37.0 Å². The van der Waals surface area contributed by atoms with Crippen molar-refractivity contribution in [1.29, 1.82) is 0 Å². The molecule has 120 valence electrons. The van der Waals surface area contributed by atoms with Gasteiger partial charge in [0.05, 0.1) is 24.2 Å². The van der Waals surface area contributed by atoms with Crippen molar-refractivity contribution in [3.8, 4) is 0 Å². The maximum absolute atomic E-state index is 5.66. The first-order chi connectivity index (χ1) is 10.8. The fourth-order valence-electron chi connectivity index (χ4n) is 2.17. The lowest BCUT2D eigenvalue weighted by Crippen LogP contribution is -2.23. The van der Waals surface area contributed by atoms with Crippen molar-refractivity contribution < 1.29 is 9.47 Å². The molecule has 4 N–H and O–H groups in total. The van der Waals surface area contributed by atoms with Gasteiger partial charge in [-0.3, -0.25) is 4.99 Å². The molecule has 6 heteroatoms. The second-order valence-electron chi connectivity index (χ2n) is 5.17. The number of rotatable bonds is 7. The van der Waals surface area contributed by atoms with Crippen LogP contribution in [0.2, 0.25) is 0 Å². The van der Waals surface area contributed by atoms with Crippen LogP contribution in [0, 0.1) is 0 Å². The molecule has 1 aromatic carbocycles. The van der Waals surface area contributed by atoms with Crippen LogP contribution in [0.1, 0.15) is 31.2 Å². The van der Waals surface area contributed by atoms with E-state index in [0.29, 0.717) is 25.3 Å². The second-order valence-corrected chi connectivity index (χ2v) is 5.17. The minimum atomic E-state index is -0.0893. The Labute approximate surface area is 131 Å². The molecule has 0 saturated carbocycles. The molecule has 0 bridgehead atoms. The Morgan fingerprint density at radius 1 is 1.32 bits per heavy atom. The van der Waals surface area contributed by atoms with Crippen molar-refractivity contribution in [2.24, 2.45) is 21.7 Å². The van der Waals surface area contributed by atoms with Crippen LogP contribution in [-0.2, 0) is 16.0 Å². The number of hydrogen-bond acceptors (Lipinski definition) is 6. The summed E-state index contributed by atoms with van der Waals surface area (Å²) in [5.41, 5.74) is 8.17. The van der Waals surface area contributed by atoms with E-state index in [4.69, 9.17) is 21.1 Å². The molecule has 1 aliphatic heterocycles. The molecule has 0 amide bonds. The molecule has 22 heavy (non-hydrogen) atoms. The summed E-state index contributed by atoms with van der Waals surface area (Å²) in [5.74, 6) is 5.40. The predicted molar refractivity (Wildman–Crippen MR) is 88.3 cm³/mol. The predicted octanol–water partition coefficient (Wildman–Crippen LogP) is 2.10. The molecule has 1 aromatic rings. The van der Waals surface area contributed by atoms with Gasteiger partial charge in [-0.1, -0.05) is 12.1 Å². The summed E-state index contributed by atoms with van der Waals surface area (Å²) in [6.45, 7) is 1.83.